The van der Waals surface area contributed by atoms with E-state index in [-0.39, 0.29) is 35.7 Å². The molecular weight excluding hydrogens is 570 g/mol. The molecule has 10 nitrogen and oxygen atoms in total. The van der Waals surface area contributed by atoms with Crippen LogP contribution >= 0.6 is 0 Å². The van der Waals surface area contributed by atoms with Gasteiger partial charge in [-0.2, -0.15) is 0 Å². The van der Waals surface area contributed by atoms with E-state index in [1.165, 1.54) is 0 Å². The summed E-state index contributed by atoms with van der Waals surface area (Å²) < 4.78 is 0. The molecule has 3 unspecified atom stereocenters. The van der Waals surface area contributed by atoms with E-state index in [9.17, 15) is 24.3 Å². The topological polar surface area (TPSA) is 131 Å². The number of benzene rings is 1. The van der Waals surface area contributed by atoms with Gasteiger partial charge >= 0.3 is 12.0 Å². The molecule has 0 saturated heterocycles. The van der Waals surface area contributed by atoms with Crippen molar-refractivity contribution in [3.63, 3.8) is 0 Å². The third kappa shape index (κ3) is 12.1. The molecule has 252 valence electrons. The molecule has 4 N–H and O–H groups in total. The summed E-state index contributed by atoms with van der Waals surface area (Å²) in [5.41, 5.74) is 1.38. The van der Waals surface area contributed by atoms with E-state index in [2.05, 4.69) is 22.9 Å². The lowest BCUT2D eigenvalue weighted by molar-refractivity contribution is -0.142. The Hall–Kier alpha value is -3.40. The summed E-state index contributed by atoms with van der Waals surface area (Å²) in [5, 5.41) is 18.8. The van der Waals surface area contributed by atoms with E-state index in [1.807, 2.05) is 71.0 Å². The Balaban J connectivity index is 2.02. The fourth-order valence-electron chi connectivity index (χ4n) is 5.47. The quantitative estimate of drug-likeness (QED) is 0.101. The number of unbranched alkanes of at least 4 members (excludes halogenated alkanes) is 4. The Morgan fingerprint density at radius 3 is 2.40 bits per heavy atom. The molecule has 1 aliphatic heterocycles. The summed E-state index contributed by atoms with van der Waals surface area (Å²) in [4.78, 5) is 55.1. The average molecular weight is 628 g/mol. The molecule has 4 atom stereocenters. The largest absolute Gasteiger partial charge is 0.480 e. The lowest BCUT2D eigenvalue weighted by Gasteiger charge is -2.38. The fraction of sp³-hybridized carbons (Fsp3) is 0.657. The molecule has 0 aliphatic carbocycles. The standard InChI is InChI=1S/C35H57N5O5/c1-8-10-12-13-14-17-25(3)31(33(43)44)37-26(4)40(21-11-9-2)30(41)23-36-34(45)38-29(35(5,6)7)24-39-22-20-27-18-15-16-19-28(27)32(39)42/h14-19,25-26,29,31,37H,8-13,20-24H2,1-7H3,(H,43,44)(H2,36,38,45)/b17-14-/t25?,26-,29?,31?/m1/s1. The van der Waals surface area contributed by atoms with Gasteiger partial charge in [-0.05, 0) is 49.7 Å². The molecule has 0 radical (unpaired) electrons. The normalized spacial score (nSPS) is 16.1. The second kappa shape index (κ2) is 18.5. The summed E-state index contributed by atoms with van der Waals surface area (Å²) in [5.74, 6) is -1.59. The number of allylic oxidation sites excluding steroid dienone is 1. The van der Waals surface area contributed by atoms with Crippen LogP contribution in [-0.2, 0) is 16.0 Å². The molecule has 4 amide bonds. The summed E-state index contributed by atoms with van der Waals surface area (Å²) in [6, 6.07) is 5.90. The van der Waals surface area contributed by atoms with Crippen molar-refractivity contribution >= 4 is 23.8 Å². The minimum atomic E-state index is -0.975. The van der Waals surface area contributed by atoms with Gasteiger partial charge in [0.05, 0.1) is 18.8 Å². The van der Waals surface area contributed by atoms with Gasteiger partial charge in [0, 0.05) is 31.1 Å². The minimum Gasteiger partial charge on any atom is -0.480 e. The Kier molecular flexibility index (Phi) is 15.6. The molecule has 0 bridgehead atoms. The number of carboxylic acids is 1. The van der Waals surface area contributed by atoms with Crippen LogP contribution in [0.4, 0.5) is 4.79 Å². The molecule has 45 heavy (non-hydrogen) atoms. The summed E-state index contributed by atoms with van der Waals surface area (Å²) in [6.07, 6.45) is 10.0. The van der Waals surface area contributed by atoms with Crippen LogP contribution in [0.1, 0.15) is 103 Å². The smallest absolute Gasteiger partial charge is 0.321 e. The van der Waals surface area contributed by atoms with E-state index in [0.29, 0.717) is 25.2 Å². The third-order valence-electron chi connectivity index (χ3n) is 8.51. The summed E-state index contributed by atoms with van der Waals surface area (Å²) in [7, 11) is 0. The lowest BCUT2D eigenvalue weighted by Crippen LogP contribution is -2.58. The molecule has 0 aromatic heterocycles. The molecular formula is C35H57N5O5. The number of carboxylic acid groups (broad SMARTS) is 1. The first-order valence-electron chi connectivity index (χ1n) is 16.7. The van der Waals surface area contributed by atoms with Gasteiger partial charge in [0.15, 0.2) is 0 Å². The number of carbonyl (C=O) groups excluding carboxylic acids is 3. The number of hydrogen-bond donors (Lipinski definition) is 4. The van der Waals surface area contributed by atoms with Gasteiger partial charge in [0.25, 0.3) is 5.91 Å². The number of aliphatic carboxylic acids is 1. The zero-order valence-corrected chi connectivity index (χ0v) is 28.5. The van der Waals surface area contributed by atoms with Gasteiger partial charge in [-0.25, -0.2) is 4.79 Å². The predicted molar refractivity (Wildman–Crippen MR) is 179 cm³/mol. The van der Waals surface area contributed by atoms with Crippen LogP contribution in [0.15, 0.2) is 36.4 Å². The SMILES string of the molecule is CCCCC/C=C\C(C)C(N[C@@H](C)N(CCCC)C(=O)CNC(=O)NC(CN1CCc2ccccc2C1=O)C(C)(C)C)C(=O)O. The Bertz CT molecular complexity index is 1150. The second-order valence-electron chi connectivity index (χ2n) is 13.3. The summed E-state index contributed by atoms with van der Waals surface area (Å²) >= 11 is 0. The zero-order valence-electron chi connectivity index (χ0n) is 28.5. The van der Waals surface area contributed by atoms with Crippen molar-refractivity contribution in [2.24, 2.45) is 11.3 Å². The van der Waals surface area contributed by atoms with Gasteiger partial charge in [-0.3, -0.25) is 19.7 Å². The van der Waals surface area contributed by atoms with Crippen LogP contribution in [0.2, 0.25) is 0 Å². The van der Waals surface area contributed by atoms with E-state index >= 15 is 0 Å². The van der Waals surface area contributed by atoms with Gasteiger partial charge in [0.1, 0.15) is 6.04 Å². The zero-order chi connectivity index (χ0) is 33.6. The molecule has 0 spiro atoms. The van der Waals surface area contributed by atoms with Crippen molar-refractivity contribution in [2.75, 3.05) is 26.2 Å². The van der Waals surface area contributed by atoms with Crippen molar-refractivity contribution in [2.45, 2.75) is 112 Å². The van der Waals surface area contributed by atoms with E-state index in [4.69, 9.17) is 0 Å². The Labute approximate surface area is 270 Å². The van der Waals surface area contributed by atoms with Crippen LogP contribution in [0.3, 0.4) is 0 Å². The van der Waals surface area contributed by atoms with Gasteiger partial charge in [-0.1, -0.05) is 91.2 Å². The van der Waals surface area contributed by atoms with E-state index in [0.717, 1.165) is 50.5 Å². The molecule has 2 rings (SSSR count). The second-order valence-corrected chi connectivity index (χ2v) is 13.3. The number of amides is 4. The van der Waals surface area contributed by atoms with Crippen molar-refractivity contribution in [3.05, 3.63) is 47.5 Å². The maximum absolute atomic E-state index is 13.4. The number of carbonyl (C=O) groups is 4. The van der Waals surface area contributed by atoms with E-state index in [1.54, 1.807) is 16.7 Å². The maximum Gasteiger partial charge on any atom is 0.321 e. The highest BCUT2D eigenvalue weighted by molar-refractivity contribution is 5.96. The molecule has 1 aromatic carbocycles. The lowest BCUT2D eigenvalue weighted by atomic mass is 9.85. The molecule has 0 fully saturated rings. The number of nitrogens with one attached hydrogen (secondary N) is 3. The highest BCUT2D eigenvalue weighted by Crippen LogP contribution is 2.24. The number of urea groups is 1. The van der Waals surface area contributed by atoms with Crippen LogP contribution < -0.4 is 16.0 Å². The third-order valence-corrected chi connectivity index (χ3v) is 8.51. The highest BCUT2D eigenvalue weighted by Gasteiger charge is 2.33. The first kappa shape index (κ1) is 37.8. The number of rotatable bonds is 18. The molecule has 0 saturated carbocycles. The Morgan fingerprint density at radius 2 is 1.76 bits per heavy atom. The van der Waals surface area contributed by atoms with Crippen LogP contribution in [0, 0.1) is 11.3 Å². The minimum absolute atomic E-state index is 0.0440. The highest BCUT2D eigenvalue weighted by atomic mass is 16.4. The fourth-order valence-corrected chi connectivity index (χ4v) is 5.47. The first-order chi connectivity index (χ1) is 21.3. The van der Waals surface area contributed by atoms with Crippen molar-refractivity contribution < 1.29 is 24.3 Å². The van der Waals surface area contributed by atoms with Crippen molar-refractivity contribution in [1.82, 2.24) is 25.8 Å². The van der Waals surface area contributed by atoms with E-state index < -0.39 is 24.2 Å². The number of hydrogen-bond acceptors (Lipinski definition) is 5. The number of nitrogens with zero attached hydrogens (tertiary/aromatic N) is 2. The molecule has 1 aromatic rings. The van der Waals surface area contributed by atoms with Crippen LogP contribution in [-0.4, -0.2) is 83.1 Å². The average Bonchev–Trinajstić information content (AvgIpc) is 2.99. The summed E-state index contributed by atoms with van der Waals surface area (Å²) in [6.45, 7) is 15.0. The molecule has 1 heterocycles. The van der Waals surface area contributed by atoms with Gasteiger partial charge in [-0.15, -0.1) is 0 Å². The van der Waals surface area contributed by atoms with Gasteiger partial charge < -0.3 is 25.5 Å². The Morgan fingerprint density at radius 1 is 1.07 bits per heavy atom. The van der Waals surface area contributed by atoms with Crippen molar-refractivity contribution in [3.8, 4) is 0 Å². The van der Waals surface area contributed by atoms with Crippen LogP contribution in [0.5, 0.6) is 0 Å². The molecule has 1 aliphatic rings. The first-order valence-corrected chi connectivity index (χ1v) is 16.7. The molecule has 10 heteroatoms. The monoisotopic (exact) mass is 627 g/mol. The number of fused-ring (bicyclic) bond motifs is 1. The van der Waals surface area contributed by atoms with Crippen LogP contribution in [0.25, 0.3) is 0 Å². The van der Waals surface area contributed by atoms with Crippen molar-refractivity contribution in [1.29, 1.82) is 0 Å². The predicted octanol–water partition coefficient (Wildman–Crippen LogP) is 5.19. The maximum atomic E-state index is 13.4. The van der Waals surface area contributed by atoms with Gasteiger partial charge in [0.2, 0.25) is 5.91 Å².